The number of hydrogen-bond donors (Lipinski definition) is 3. The average molecular weight is 889 g/mol. The van der Waals surface area contributed by atoms with E-state index >= 15 is 0 Å². The van der Waals surface area contributed by atoms with Crippen molar-refractivity contribution in [3.63, 3.8) is 0 Å². The van der Waals surface area contributed by atoms with Crippen LogP contribution in [0.2, 0.25) is 0 Å². The summed E-state index contributed by atoms with van der Waals surface area (Å²) in [6.07, 6.45) is 63.3. The summed E-state index contributed by atoms with van der Waals surface area (Å²) in [4.78, 5) is 24.5. The van der Waals surface area contributed by atoms with E-state index in [0.29, 0.717) is 19.4 Å². The summed E-state index contributed by atoms with van der Waals surface area (Å²) in [6, 6.07) is -0.638. The largest absolute Gasteiger partial charge is 0.466 e. The van der Waals surface area contributed by atoms with Crippen LogP contribution < -0.4 is 5.32 Å². The molecule has 0 fully saturated rings. The quantitative estimate of drug-likeness (QED) is 0.0321. The third kappa shape index (κ3) is 49.6. The van der Waals surface area contributed by atoms with Crippen molar-refractivity contribution in [2.75, 3.05) is 13.2 Å². The van der Waals surface area contributed by atoms with E-state index in [1.807, 2.05) is 6.08 Å². The molecule has 0 aromatic carbocycles. The number of unbranched alkanes of at least 4 members (excludes halogenated alkanes) is 39. The number of rotatable bonds is 52. The van der Waals surface area contributed by atoms with Crippen molar-refractivity contribution in [3.8, 4) is 0 Å². The molecule has 372 valence electrons. The number of nitrogens with one attached hydrogen (secondary N) is 1. The Morgan fingerprint density at radius 2 is 0.746 bits per heavy atom. The average Bonchev–Trinajstić information content (AvgIpc) is 3.28. The van der Waals surface area contributed by atoms with Gasteiger partial charge in [0.25, 0.3) is 0 Å². The number of hydrogen-bond acceptors (Lipinski definition) is 5. The lowest BCUT2D eigenvalue weighted by Gasteiger charge is -2.20. The summed E-state index contributed by atoms with van der Waals surface area (Å²) in [6.45, 7) is 4.87. The summed E-state index contributed by atoms with van der Waals surface area (Å²) < 4.78 is 5.45. The Morgan fingerprint density at radius 1 is 0.429 bits per heavy atom. The monoisotopic (exact) mass is 888 g/mol. The molecule has 1 amide bonds. The summed E-state index contributed by atoms with van der Waals surface area (Å²) in [7, 11) is 0. The van der Waals surface area contributed by atoms with Crippen LogP contribution in [0.3, 0.4) is 0 Å². The van der Waals surface area contributed by atoms with Gasteiger partial charge >= 0.3 is 5.97 Å². The van der Waals surface area contributed by atoms with Crippen molar-refractivity contribution in [1.82, 2.24) is 5.32 Å². The van der Waals surface area contributed by atoms with Crippen LogP contribution in [-0.2, 0) is 14.3 Å². The standard InChI is InChI=1S/C57H109NO5/c1-3-5-7-9-11-13-15-17-18-19-20-21-22-23-26-29-33-37-41-45-49-55(60)54(53-59)58-56(61)50-46-42-38-34-30-27-24-28-32-36-40-44-48-52-63-57(62)51-47-43-39-35-31-25-16-14-12-10-8-6-4-2/h14,16,45,49,54-55,59-60H,3-13,15,17-44,46-48,50-53H2,1-2H3,(H,58,61)/b16-14-,49-45+. The van der Waals surface area contributed by atoms with E-state index in [-0.39, 0.29) is 18.5 Å². The zero-order valence-electron chi connectivity index (χ0n) is 42.3. The first-order valence-corrected chi connectivity index (χ1v) is 28.1. The molecule has 0 aliphatic carbocycles. The third-order valence-electron chi connectivity index (χ3n) is 13.0. The maximum atomic E-state index is 12.5. The number of carbonyl (C=O) groups is 2. The van der Waals surface area contributed by atoms with Crippen LogP contribution in [0, 0.1) is 0 Å². The highest BCUT2D eigenvalue weighted by molar-refractivity contribution is 5.76. The zero-order chi connectivity index (χ0) is 45.8. The summed E-state index contributed by atoms with van der Waals surface area (Å²) >= 11 is 0. The van der Waals surface area contributed by atoms with Crippen LogP contribution in [0.1, 0.15) is 303 Å². The topological polar surface area (TPSA) is 95.9 Å². The SMILES string of the molecule is CCCCCC/C=C\CCCCCCCC(=O)OCCCCCCCCCCCCCCCC(=O)NC(CO)C(O)/C=C/CCCCCCCCCCCCCCCCCCCC. The van der Waals surface area contributed by atoms with Gasteiger partial charge in [0.05, 0.1) is 25.4 Å². The van der Waals surface area contributed by atoms with E-state index in [0.717, 1.165) is 57.8 Å². The zero-order valence-corrected chi connectivity index (χ0v) is 42.3. The first-order valence-electron chi connectivity index (χ1n) is 28.1. The fraction of sp³-hybridized carbons (Fsp3) is 0.895. The molecular formula is C57H109NO5. The molecule has 0 aromatic heterocycles. The molecule has 6 nitrogen and oxygen atoms in total. The second-order valence-electron chi connectivity index (χ2n) is 19.3. The van der Waals surface area contributed by atoms with Crippen LogP contribution in [-0.4, -0.2) is 47.4 Å². The number of aliphatic hydroxyl groups excluding tert-OH is 2. The molecule has 6 heteroatoms. The van der Waals surface area contributed by atoms with Crippen molar-refractivity contribution in [2.24, 2.45) is 0 Å². The first kappa shape index (κ1) is 61.3. The molecule has 63 heavy (non-hydrogen) atoms. The van der Waals surface area contributed by atoms with Gasteiger partial charge < -0.3 is 20.3 Å². The van der Waals surface area contributed by atoms with Crippen molar-refractivity contribution in [2.45, 2.75) is 315 Å². The van der Waals surface area contributed by atoms with E-state index in [4.69, 9.17) is 4.74 Å². The molecule has 0 saturated carbocycles. The highest BCUT2D eigenvalue weighted by Crippen LogP contribution is 2.17. The maximum absolute atomic E-state index is 12.5. The molecule has 3 N–H and O–H groups in total. The van der Waals surface area contributed by atoms with Crippen molar-refractivity contribution in [1.29, 1.82) is 0 Å². The number of allylic oxidation sites excluding steroid dienone is 3. The van der Waals surface area contributed by atoms with E-state index < -0.39 is 12.1 Å². The van der Waals surface area contributed by atoms with Crippen LogP contribution >= 0.6 is 0 Å². The fourth-order valence-corrected chi connectivity index (χ4v) is 8.63. The lowest BCUT2D eigenvalue weighted by atomic mass is 10.0. The van der Waals surface area contributed by atoms with Crippen molar-refractivity contribution >= 4 is 11.9 Å². The highest BCUT2D eigenvalue weighted by atomic mass is 16.5. The number of aliphatic hydroxyl groups is 2. The van der Waals surface area contributed by atoms with E-state index in [1.54, 1.807) is 6.08 Å². The van der Waals surface area contributed by atoms with Crippen LogP contribution in [0.5, 0.6) is 0 Å². The van der Waals surface area contributed by atoms with Crippen LogP contribution in [0.15, 0.2) is 24.3 Å². The molecule has 0 aliphatic rings. The lowest BCUT2D eigenvalue weighted by Crippen LogP contribution is -2.45. The van der Waals surface area contributed by atoms with Crippen LogP contribution in [0.25, 0.3) is 0 Å². The van der Waals surface area contributed by atoms with Gasteiger partial charge in [0.2, 0.25) is 5.91 Å². The number of amides is 1. The number of carbonyl (C=O) groups excluding carboxylic acids is 2. The molecule has 2 atom stereocenters. The molecule has 2 unspecified atom stereocenters. The molecule has 0 rings (SSSR count). The molecule has 0 radical (unpaired) electrons. The molecule has 0 spiro atoms. The van der Waals surface area contributed by atoms with Crippen LogP contribution in [0.4, 0.5) is 0 Å². The summed E-state index contributed by atoms with van der Waals surface area (Å²) in [5.41, 5.74) is 0. The third-order valence-corrected chi connectivity index (χ3v) is 13.0. The molecule has 0 heterocycles. The minimum Gasteiger partial charge on any atom is -0.466 e. The van der Waals surface area contributed by atoms with Gasteiger partial charge in [0.15, 0.2) is 0 Å². The smallest absolute Gasteiger partial charge is 0.305 e. The summed E-state index contributed by atoms with van der Waals surface area (Å²) in [5.74, 6) is -0.0948. The lowest BCUT2D eigenvalue weighted by molar-refractivity contribution is -0.143. The minimum absolute atomic E-state index is 0.0158. The maximum Gasteiger partial charge on any atom is 0.305 e. The van der Waals surface area contributed by atoms with Crippen molar-refractivity contribution in [3.05, 3.63) is 24.3 Å². The Bertz CT molecular complexity index is 982. The van der Waals surface area contributed by atoms with Gasteiger partial charge in [0.1, 0.15) is 0 Å². The van der Waals surface area contributed by atoms with Gasteiger partial charge in [-0.1, -0.05) is 256 Å². The predicted octanol–water partition coefficient (Wildman–Crippen LogP) is 17.1. The van der Waals surface area contributed by atoms with Gasteiger partial charge in [0, 0.05) is 12.8 Å². The Labute approximate surface area is 392 Å². The number of ether oxygens (including phenoxy) is 1. The minimum atomic E-state index is -0.853. The van der Waals surface area contributed by atoms with Gasteiger partial charge in [-0.05, 0) is 57.8 Å². The fourth-order valence-electron chi connectivity index (χ4n) is 8.63. The normalized spacial score (nSPS) is 12.8. The van der Waals surface area contributed by atoms with E-state index in [1.165, 1.54) is 218 Å². The van der Waals surface area contributed by atoms with E-state index in [2.05, 4.69) is 31.3 Å². The summed E-state index contributed by atoms with van der Waals surface area (Å²) in [5, 5.41) is 23.1. The molecule has 0 bridgehead atoms. The van der Waals surface area contributed by atoms with Crippen molar-refractivity contribution < 1.29 is 24.5 Å². The Hall–Kier alpha value is -1.66. The van der Waals surface area contributed by atoms with Gasteiger partial charge in [-0.15, -0.1) is 0 Å². The molecular weight excluding hydrogens is 779 g/mol. The molecule has 0 aliphatic heterocycles. The predicted molar refractivity (Wildman–Crippen MR) is 273 cm³/mol. The second-order valence-corrected chi connectivity index (χ2v) is 19.3. The van der Waals surface area contributed by atoms with Gasteiger partial charge in [-0.3, -0.25) is 9.59 Å². The Kier molecular flexibility index (Phi) is 51.6. The van der Waals surface area contributed by atoms with E-state index in [9.17, 15) is 19.8 Å². The highest BCUT2D eigenvalue weighted by Gasteiger charge is 2.18. The number of esters is 1. The molecule has 0 aromatic rings. The molecule has 0 saturated heterocycles. The van der Waals surface area contributed by atoms with Gasteiger partial charge in [-0.25, -0.2) is 0 Å². The van der Waals surface area contributed by atoms with Gasteiger partial charge in [-0.2, -0.15) is 0 Å². The first-order chi connectivity index (χ1) is 31.0. The Balaban J connectivity index is 3.49. The Morgan fingerprint density at radius 3 is 1.14 bits per heavy atom. The second kappa shape index (κ2) is 53.0.